The van der Waals surface area contributed by atoms with Crippen molar-refractivity contribution in [2.24, 2.45) is 0 Å². The molecule has 0 atom stereocenters. The Bertz CT molecular complexity index is 523. The van der Waals surface area contributed by atoms with Crippen LogP contribution in [0.15, 0.2) is 41.0 Å². The molecule has 1 heterocycles. The topological polar surface area (TPSA) is 33.5 Å². The van der Waals surface area contributed by atoms with Gasteiger partial charge in [-0.3, -0.25) is 4.79 Å². The maximum atomic E-state index is 12.3. The van der Waals surface area contributed by atoms with Crippen molar-refractivity contribution >= 4 is 11.6 Å². The van der Waals surface area contributed by atoms with Crippen molar-refractivity contribution < 1.29 is 9.21 Å². The Labute approximate surface area is 107 Å². The first-order valence-electron chi connectivity index (χ1n) is 6.05. The molecule has 3 heteroatoms. The van der Waals surface area contributed by atoms with Gasteiger partial charge in [-0.25, -0.2) is 0 Å². The van der Waals surface area contributed by atoms with E-state index in [9.17, 15) is 4.79 Å². The number of rotatable bonds is 3. The molecule has 2 rings (SSSR count). The summed E-state index contributed by atoms with van der Waals surface area (Å²) in [6.07, 6.45) is 1.52. The minimum Gasteiger partial charge on any atom is -0.459 e. The molecule has 0 N–H and O–H groups in total. The number of carbonyl (C=O) groups excluding carboxylic acids is 1. The predicted molar refractivity (Wildman–Crippen MR) is 72.0 cm³/mol. The van der Waals surface area contributed by atoms with E-state index in [1.165, 1.54) is 6.26 Å². The number of hydrogen-bond acceptors (Lipinski definition) is 2. The molecule has 1 aromatic heterocycles. The molecule has 0 aliphatic heterocycles. The first-order valence-corrected chi connectivity index (χ1v) is 6.05. The van der Waals surface area contributed by atoms with Crippen LogP contribution >= 0.6 is 0 Å². The van der Waals surface area contributed by atoms with E-state index in [-0.39, 0.29) is 5.91 Å². The summed E-state index contributed by atoms with van der Waals surface area (Å²) in [4.78, 5) is 14.0. The van der Waals surface area contributed by atoms with Gasteiger partial charge < -0.3 is 9.32 Å². The van der Waals surface area contributed by atoms with Crippen molar-refractivity contribution in [1.29, 1.82) is 0 Å². The monoisotopic (exact) mass is 243 g/mol. The Kier molecular flexibility index (Phi) is 3.51. The van der Waals surface area contributed by atoms with Crippen LogP contribution in [0, 0.1) is 13.8 Å². The van der Waals surface area contributed by atoms with Gasteiger partial charge in [-0.15, -0.1) is 0 Å². The SMILES string of the molecule is CCN(C(=O)c1ccco1)c1cc(C)cc(C)c1. The first kappa shape index (κ1) is 12.4. The van der Waals surface area contributed by atoms with E-state index in [4.69, 9.17) is 4.42 Å². The smallest absolute Gasteiger partial charge is 0.293 e. The van der Waals surface area contributed by atoms with E-state index >= 15 is 0 Å². The number of nitrogens with zero attached hydrogens (tertiary/aromatic N) is 1. The molecule has 0 saturated heterocycles. The lowest BCUT2D eigenvalue weighted by molar-refractivity contribution is 0.0961. The normalized spacial score (nSPS) is 10.4. The lowest BCUT2D eigenvalue weighted by Gasteiger charge is -2.20. The summed E-state index contributed by atoms with van der Waals surface area (Å²) in [5.74, 6) is 0.267. The van der Waals surface area contributed by atoms with Crippen molar-refractivity contribution in [3.05, 3.63) is 53.5 Å². The second kappa shape index (κ2) is 5.08. The van der Waals surface area contributed by atoms with E-state index in [1.54, 1.807) is 17.0 Å². The Morgan fingerprint density at radius 2 is 1.89 bits per heavy atom. The molecular formula is C15H17NO2. The van der Waals surface area contributed by atoms with Gasteiger partial charge in [0.15, 0.2) is 5.76 Å². The van der Waals surface area contributed by atoms with Crippen LogP contribution in [0.5, 0.6) is 0 Å². The van der Waals surface area contributed by atoms with Crippen LogP contribution in [-0.2, 0) is 0 Å². The highest BCUT2D eigenvalue weighted by Crippen LogP contribution is 2.20. The van der Waals surface area contributed by atoms with Gasteiger partial charge in [0.1, 0.15) is 0 Å². The van der Waals surface area contributed by atoms with Crippen molar-refractivity contribution in [1.82, 2.24) is 0 Å². The molecule has 0 fully saturated rings. The molecule has 3 nitrogen and oxygen atoms in total. The van der Waals surface area contributed by atoms with Crippen LogP contribution in [0.3, 0.4) is 0 Å². The van der Waals surface area contributed by atoms with Crippen LogP contribution in [0.4, 0.5) is 5.69 Å². The zero-order chi connectivity index (χ0) is 13.1. The number of carbonyl (C=O) groups is 1. The Morgan fingerprint density at radius 1 is 1.22 bits per heavy atom. The summed E-state index contributed by atoms with van der Waals surface area (Å²) in [7, 11) is 0. The molecule has 1 amide bonds. The number of aryl methyl sites for hydroxylation is 2. The highest BCUT2D eigenvalue weighted by atomic mass is 16.3. The quantitative estimate of drug-likeness (QED) is 0.825. The lowest BCUT2D eigenvalue weighted by atomic mass is 10.1. The molecule has 0 aliphatic rings. The van der Waals surface area contributed by atoms with Gasteiger partial charge in [0.25, 0.3) is 5.91 Å². The lowest BCUT2D eigenvalue weighted by Crippen LogP contribution is -2.30. The average molecular weight is 243 g/mol. The summed E-state index contributed by atoms with van der Waals surface area (Å²) in [6, 6.07) is 9.53. The molecule has 18 heavy (non-hydrogen) atoms. The number of furan rings is 1. The van der Waals surface area contributed by atoms with Gasteiger partial charge in [0.05, 0.1) is 6.26 Å². The van der Waals surface area contributed by atoms with Gasteiger partial charge in [-0.2, -0.15) is 0 Å². The maximum Gasteiger partial charge on any atom is 0.293 e. The highest BCUT2D eigenvalue weighted by Gasteiger charge is 2.18. The minimum absolute atomic E-state index is 0.104. The third-order valence-corrected chi connectivity index (χ3v) is 2.81. The number of benzene rings is 1. The third-order valence-electron chi connectivity index (χ3n) is 2.81. The van der Waals surface area contributed by atoms with Crippen molar-refractivity contribution in [3.8, 4) is 0 Å². The number of anilines is 1. The number of hydrogen-bond donors (Lipinski definition) is 0. The molecule has 0 bridgehead atoms. The van der Waals surface area contributed by atoms with E-state index in [2.05, 4.69) is 6.07 Å². The molecule has 1 aromatic carbocycles. The van der Waals surface area contributed by atoms with Gasteiger partial charge >= 0.3 is 0 Å². The third kappa shape index (κ3) is 2.45. The van der Waals surface area contributed by atoms with Crippen LogP contribution < -0.4 is 4.90 Å². The average Bonchev–Trinajstić information content (AvgIpc) is 2.81. The summed E-state index contributed by atoms with van der Waals surface area (Å²) in [6.45, 7) is 6.63. The van der Waals surface area contributed by atoms with E-state index in [0.717, 1.165) is 16.8 Å². The highest BCUT2D eigenvalue weighted by molar-refractivity contribution is 6.04. The molecule has 2 aromatic rings. The largest absolute Gasteiger partial charge is 0.459 e. The second-order valence-electron chi connectivity index (χ2n) is 4.37. The van der Waals surface area contributed by atoms with Crippen molar-refractivity contribution in [2.75, 3.05) is 11.4 Å². The van der Waals surface area contributed by atoms with Gasteiger partial charge in [-0.1, -0.05) is 6.07 Å². The first-order chi connectivity index (χ1) is 8.61. The standard InChI is InChI=1S/C15H17NO2/c1-4-16(15(17)14-6-5-7-18-14)13-9-11(2)8-12(3)10-13/h5-10H,4H2,1-3H3. The summed E-state index contributed by atoms with van der Waals surface area (Å²) < 4.78 is 5.17. The second-order valence-corrected chi connectivity index (χ2v) is 4.37. The van der Waals surface area contributed by atoms with Gasteiger partial charge in [0.2, 0.25) is 0 Å². The zero-order valence-electron chi connectivity index (χ0n) is 10.9. The minimum atomic E-state index is -0.104. The summed E-state index contributed by atoms with van der Waals surface area (Å²) in [5, 5.41) is 0. The molecule has 0 aliphatic carbocycles. The molecule has 0 spiro atoms. The summed E-state index contributed by atoms with van der Waals surface area (Å²) >= 11 is 0. The fraction of sp³-hybridized carbons (Fsp3) is 0.267. The fourth-order valence-electron chi connectivity index (χ4n) is 2.08. The molecular weight excluding hydrogens is 226 g/mol. The van der Waals surface area contributed by atoms with E-state index in [0.29, 0.717) is 12.3 Å². The van der Waals surface area contributed by atoms with Gasteiger partial charge in [0, 0.05) is 12.2 Å². The van der Waals surface area contributed by atoms with Crippen LogP contribution in [0.25, 0.3) is 0 Å². The Hall–Kier alpha value is -2.03. The molecule has 0 saturated carbocycles. The Balaban J connectivity index is 2.36. The maximum absolute atomic E-state index is 12.3. The van der Waals surface area contributed by atoms with Crippen LogP contribution in [0.1, 0.15) is 28.6 Å². The zero-order valence-corrected chi connectivity index (χ0v) is 10.9. The molecule has 0 radical (unpaired) electrons. The van der Waals surface area contributed by atoms with E-state index in [1.807, 2.05) is 32.9 Å². The predicted octanol–water partition coefficient (Wildman–Crippen LogP) is 3.56. The molecule has 0 unspecified atom stereocenters. The fourth-order valence-corrected chi connectivity index (χ4v) is 2.08. The Morgan fingerprint density at radius 3 is 2.39 bits per heavy atom. The summed E-state index contributed by atoms with van der Waals surface area (Å²) in [5.41, 5.74) is 3.21. The van der Waals surface area contributed by atoms with Crippen molar-refractivity contribution in [2.45, 2.75) is 20.8 Å². The van der Waals surface area contributed by atoms with E-state index < -0.39 is 0 Å². The van der Waals surface area contributed by atoms with Gasteiger partial charge in [-0.05, 0) is 56.2 Å². The number of amides is 1. The molecule has 94 valence electrons. The van der Waals surface area contributed by atoms with Crippen LogP contribution in [0.2, 0.25) is 0 Å². The van der Waals surface area contributed by atoms with Crippen molar-refractivity contribution in [3.63, 3.8) is 0 Å². The van der Waals surface area contributed by atoms with Crippen LogP contribution in [-0.4, -0.2) is 12.5 Å².